The predicted octanol–water partition coefficient (Wildman–Crippen LogP) is 3.34. The number of halogens is 1. The number of carbonyl (C=O) groups excluding carboxylic acids is 1. The van der Waals surface area contributed by atoms with Crippen molar-refractivity contribution in [3.63, 3.8) is 0 Å². The van der Waals surface area contributed by atoms with Gasteiger partial charge in [0.25, 0.3) is 0 Å². The first-order valence-electron chi connectivity index (χ1n) is 7.05. The van der Waals surface area contributed by atoms with Crippen molar-refractivity contribution in [3.05, 3.63) is 28.8 Å². The molecule has 2 rings (SSSR count). The summed E-state index contributed by atoms with van der Waals surface area (Å²) in [5, 5.41) is 15.0. The van der Waals surface area contributed by atoms with E-state index in [1.807, 2.05) is 6.92 Å². The van der Waals surface area contributed by atoms with Crippen LogP contribution in [0.25, 0.3) is 0 Å². The quantitative estimate of drug-likeness (QED) is 0.346. The number of amides is 1. The van der Waals surface area contributed by atoms with Gasteiger partial charge in [-0.1, -0.05) is 42.9 Å². The molecule has 0 heterocycles. The highest BCUT2D eigenvalue weighted by Crippen LogP contribution is 2.37. The van der Waals surface area contributed by atoms with E-state index in [1.54, 1.807) is 18.2 Å². The number of oxime groups is 1. The number of hydrogen-bond donors (Lipinski definition) is 3. The molecule has 6 heteroatoms. The van der Waals surface area contributed by atoms with E-state index in [0.717, 1.165) is 25.7 Å². The molecule has 0 radical (unpaired) electrons. The van der Waals surface area contributed by atoms with Crippen LogP contribution in [0.15, 0.2) is 23.4 Å². The Hall–Kier alpha value is -1.75. The van der Waals surface area contributed by atoms with Crippen molar-refractivity contribution in [3.8, 4) is 0 Å². The van der Waals surface area contributed by atoms with Crippen molar-refractivity contribution in [2.75, 3.05) is 5.32 Å². The lowest BCUT2D eigenvalue weighted by molar-refractivity contribution is -0.126. The molecule has 4 N–H and O–H groups in total. The fraction of sp³-hybridized carbons (Fsp3) is 0.467. The number of carbonyl (C=O) groups is 1. The van der Waals surface area contributed by atoms with Crippen molar-refractivity contribution in [2.24, 2.45) is 16.3 Å². The van der Waals surface area contributed by atoms with Crippen molar-refractivity contribution in [1.82, 2.24) is 0 Å². The molecular formula is C15H20ClN3O2. The van der Waals surface area contributed by atoms with E-state index in [4.69, 9.17) is 22.5 Å². The first-order chi connectivity index (χ1) is 9.96. The lowest BCUT2D eigenvalue weighted by atomic mass is 9.75. The highest BCUT2D eigenvalue weighted by molar-refractivity contribution is 6.34. The molecule has 0 aromatic heterocycles. The lowest BCUT2D eigenvalue weighted by Crippen LogP contribution is -2.35. The smallest absolute Gasteiger partial charge is 0.230 e. The zero-order valence-electron chi connectivity index (χ0n) is 12.0. The standard InChI is InChI=1S/C15H20ClN3O2/c1-15(7-3-2-4-8-15)14(20)18-12-9-10(13(17)19-21)5-6-11(12)16/h5-6,9,21H,2-4,7-8H2,1H3,(H2,17,19)(H,18,20). The molecule has 1 fully saturated rings. The van der Waals surface area contributed by atoms with E-state index in [9.17, 15) is 4.79 Å². The average Bonchev–Trinajstić information content (AvgIpc) is 2.49. The lowest BCUT2D eigenvalue weighted by Gasteiger charge is -2.32. The van der Waals surface area contributed by atoms with Crippen LogP contribution >= 0.6 is 11.6 Å². The molecule has 1 aliphatic carbocycles. The SMILES string of the molecule is CC1(C(=O)Nc2cc(/C(N)=N/O)ccc2Cl)CCCCC1. The van der Waals surface area contributed by atoms with Gasteiger partial charge in [-0.05, 0) is 31.0 Å². The van der Waals surface area contributed by atoms with Crippen LogP contribution in [0.1, 0.15) is 44.6 Å². The second kappa shape index (κ2) is 6.35. The second-order valence-corrected chi connectivity index (χ2v) is 6.16. The monoisotopic (exact) mass is 309 g/mol. The van der Waals surface area contributed by atoms with Gasteiger partial charge >= 0.3 is 0 Å². The number of anilines is 1. The third-order valence-electron chi connectivity index (χ3n) is 4.12. The first-order valence-corrected chi connectivity index (χ1v) is 7.43. The molecule has 0 unspecified atom stereocenters. The Morgan fingerprint density at radius 2 is 2.05 bits per heavy atom. The molecule has 0 spiro atoms. The number of nitrogens with two attached hydrogens (primary N) is 1. The molecule has 5 nitrogen and oxygen atoms in total. The zero-order valence-corrected chi connectivity index (χ0v) is 12.8. The maximum Gasteiger partial charge on any atom is 0.230 e. The van der Waals surface area contributed by atoms with Crippen molar-refractivity contribution < 1.29 is 10.0 Å². The predicted molar refractivity (Wildman–Crippen MR) is 83.8 cm³/mol. The third kappa shape index (κ3) is 3.47. The minimum atomic E-state index is -0.353. The van der Waals surface area contributed by atoms with E-state index < -0.39 is 0 Å². The number of hydrogen-bond acceptors (Lipinski definition) is 3. The number of rotatable bonds is 3. The Morgan fingerprint density at radius 1 is 1.38 bits per heavy atom. The molecule has 0 bridgehead atoms. The van der Waals surface area contributed by atoms with Gasteiger partial charge < -0.3 is 16.3 Å². The van der Waals surface area contributed by atoms with Crippen LogP contribution in [0, 0.1) is 5.41 Å². The Labute approximate surface area is 129 Å². The fourth-order valence-corrected chi connectivity index (χ4v) is 2.84. The Morgan fingerprint density at radius 3 is 2.67 bits per heavy atom. The zero-order chi connectivity index (χ0) is 15.5. The van der Waals surface area contributed by atoms with Gasteiger partial charge in [0.15, 0.2) is 5.84 Å². The van der Waals surface area contributed by atoms with Crippen LogP contribution in [0.2, 0.25) is 5.02 Å². The average molecular weight is 310 g/mol. The Kier molecular flexibility index (Phi) is 4.73. The van der Waals surface area contributed by atoms with Gasteiger partial charge in [0.1, 0.15) is 0 Å². The first kappa shape index (κ1) is 15.6. The van der Waals surface area contributed by atoms with E-state index in [2.05, 4.69) is 10.5 Å². The number of benzene rings is 1. The molecule has 1 aliphatic rings. The summed E-state index contributed by atoms with van der Waals surface area (Å²) in [6.45, 7) is 1.99. The summed E-state index contributed by atoms with van der Waals surface area (Å²) in [5.74, 6) is -0.0493. The molecule has 1 saturated carbocycles. The summed E-state index contributed by atoms with van der Waals surface area (Å²) >= 11 is 6.11. The molecule has 0 saturated heterocycles. The summed E-state index contributed by atoms with van der Waals surface area (Å²) in [6, 6.07) is 4.87. The van der Waals surface area contributed by atoms with Crippen LogP contribution < -0.4 is 11.1 Å². The second-order valence-electron chi connectivity index (χ2n) is 5.76. The number of nitrogens with zero attached hydrogens (tertiary/aromatic N) is 1. The Balaban J connectivity index is 2.20. The minimum absolute atomic E-state index is 0.0222. The van der Waals surface area contributed by atoms with Crippen molar-refractivity contribution in [1.29, 1.82) is 0 Å². The van der Waals surface area contributed by atoms with Gasteiger partial charge in [-0.15, -0.1) is 0 Å². The molecule has 114 valence electrons. The van der Waals surface area contributed by atoms with Gasteiger partial charge in [0.2, 0.25) is 5.91 Å². The molecular weight excluding hydrogens is 290 g/mol. The van der Waals surface area contributed by atoms with Crippen molar-refractivity contribution >= 4 is 29.0 Å². The van der Waals surface area contributed by atoms with E-state index in [1.165, 1.54) is 6.42 Å². The van der Waals surface area contributed by atoms with Gasteiger partial charge in [-0.2, -0.15) is 0 Å². The summed E-state index contributed by atoms with van der Waals surface area (Å²) in [7, 11) is 0. The molecule has 0 aliphatic heterocycles. The minimum Gasteiger partial charge on any atom is -0.409 e. The van der Waals surface area contributed by atoms with Crippen LogP contribution in [0.3, 0.4) is 0 Å². The summed E-state index contributed by atoms with van der Waals surface area (Å²) in [5.41, 5.74) is 6.19. The number of amidine groups is 1. The normalized spacial score (nSPS) is 18.3. The third-order valence-corrected chi connectivity index (χ3v) is 4.45. The van der Waals surface area contributed by atoms with Crippen LogP contribution in [-0.4, -0.2) is 17.0 Å². The van der Waals surface area contributed by atoms with Gasteiger partial charge in [0.05, 0.1) is 10.7 Å². The number of nitrogens with one attached hydrogen (secondary N) is 1. The summed E-state index contributed by atoms with van der Waals surface area (Å²) in [4.78, 5) is 12.5. The van der Waals surface area contributed by atoms with Crippen LogP contribution in [0.5, 0.6) is 0 Å². The van der Waals surface area contributed by atoms with E-state index in [-0.39, 0.29) is 17.2 Å². The van der Waals surface area contributed by atoms with Crippen LogP contribution in [0.4, 0.5) is 5.69 Å². The summed E-state index contributed by atoms with van der Waals surface area (Å²) < 4.78 is 0. The largest absolute Gasteiger partial charge is 0.409 e. The van der Waals surface area contributed by atoms with Gasteiger partial charge in [-0.3, -0.25) is 4.79 Å². The molecule has 1 aromatic carbocycles. The maximum atomic E-state index is 12.5. The van der Waals surface area contributed by atoms with Crippen molar-refractivity contribution in [2.45, 2.75) is 39.0 Å². The maximum absolute atomic E-state index is 12.5. The highest BCUT2D eigenvalue weighted by atomic mass is 35.5. The van der Waals surface area contributed by atoms with E-state index >= 15 is 0 Å². The molecule has 21 heavy (non-hydrogen) atoms. The van der Waals surface area contributed by atoms with Gasteiger partial charge in [-0.25, -0.2) is 0 Å². The highest BCUT2D eigenvalue weighted by Gasteiger charge is 2.34. The Bertz CT molecular complexity index is 566. The molecule has 1 aromatic rings. The summed E-state index contributed by atoms with van der Waals surface area (Å²) in [6.07, 6.45) is 5.10. The topological polar surface area (TPSA) is 87.7 Å². The molecule has 1 amide bonds. The fourth-order valence-electron chi connectivity index (χ4n) is 2.67. The van der Waals surface area contributed by atoms with Gasteiger partial charge in [0, 0.05) is 11.0 Å². The van der Waals surface area contributed by atoms with Crippen LogP contribution in [-0.2, 0) is 4.79 Å². The molecule has 0 atom stereocenters. The van der Waals surface area contributed by atoms with E-state index in [0.29, 0.717) is 16.3 Å².